The van der Waals surface area contributed by atoms with Gasteiger partial charge in [0.05, 0.1) is 11.4 Å². The Morgan fingerprint density at radius 2 is 2.19 bits per heavy atom. The van der Waals surface area contributed by atoms with Gasteiger partial charge in [0.25, 0.3) is 0 Å². The van der Waals surface area contributed by atoms with Crippen LogP contribution in [0.15, 0.2) is 35.0 Å². The number of nitrogens with zero attached hydrogens (tertiary/aromatic N) is 1. The smallest absolute Gasteiger partial charge is 0.148 e. The molecule has 1 aromatic heterocycles. The average Bonchev–Trinajstić information content (AvgIpc) is 2.74. The number of halogens is 1. The first kappa shape index (κ1) is 11.0. The van der Waals surface area contributed by atoms with Gasteiger partial charge in [-0.3, -0.25) is 0 Å². The molecule has 0 fully saturated rings. The molecule has 0 aliphatic carbocycles. The summed E-state index contributed by atoms with van der Waals surface area (Å²) >= 11 is 1.65. The Morgan fingerprint density at radius 1 is 1.38 bits per heavy atom. The van der Waals surface area contributed by atoms with Gasteiger partial charge in [-0.25, -0.2) is 4.39 Å². The zero-order valence-corrected chi connectivity index (χ0v) is 9.80. The fourth-order valence-electron chi connectivity index (χ4n) is 1.60. The quantitative estimate of drug-likeness (QED) is 0.830. The third-order valence-electron chi connectivity index (χ3n) is 2.44. The van der Waals surface area contributed by atoms with E-state index in [0.717, 1.165) is 12.2 Å². The summed E-state index contributed by atoms with van der Waals surface area (Å²) in [7, 11) is 1.91. The Morgan fingerprint density at radius 3 is 2.88 bits per heavy atom. The van der Waals surface area contributed by atoms with E-state index in [9.17, 15) is 4.39 Å². The molecule has 0 atom stereocenters. The van der Waals surface area contributed by atoms with Crippen molar-refractivity contribution < 1.29 is 4.39 Å². The number of benzene rings is 1. The second-order valence-corrected chi connectivity index (χ2v) is 4.44. The largest absolute Gasteiger partial charge is 0.395 e. The van der Waals surface area contributed by atoms with E-state index in [1.54, 1.807) is 17.4 Å². The van der Waals surface area contributed by atoms with E-state index in [1.807, 2.05) is 23.4 Å². The van der Waals surface area contributed by atoms with E-state index in [1.165, 1.54) is 11.6 Å². The molecule has 2 nitrogen and oxygen atoms in total. The van der Waals surface area contributed by atoms with Crippen molar-refractivity contribution in [3.8, 4) is 0 Å². The second kappa shape index (κ2) is 4.53. The van der Waals surface area contributed by atoms with Crippen molar-refractivity contribution in [3.63, 3.8) is 0 Å². The Hall–Kier alpha value is -1.55. The molecule has 2 aromatic rings. The zero-order chi connectivity index (χ0) is 11.5. The minimum absolute atomic E-state index is 0.209. The highest BCUT2D eigenvalue weighted by atomic mass is 32.1. The molecule has 0 unspecified atom stereocenters. The predicted molar refractivity (Wildman–Crippen MR) is 67.2 cm³/mol. The monoisotopic (exact) mass is 236 g/mol. The van der Waals surface area contributed by atoms with Gasteiger partial charge in [-0.1, -0.05) is 6.07 Å². The SMILES string of the molecule is CN(Cc1ccsc1)c1cccc(F)c1N. The molecule has 0 saturated heterocycles. The van der Waals surface area contributed by atoms with Crippen molar-refractivity contribution in [1.29, 1.82) is 0 Å². The molecule has 0 spiro atoms. The molecule has 0 radical (unpaired) electrons. The number of para-hydroxylation sites is 1. The molecule has 0 amide bonds. The third kappa shape index (κ3) is 2.17. The van der Waals surface area contributed by atoms with Crippen molar-refractivity contribution in [2.24, 2.45) is 0 Å². The summed E-state index contributed by atoms with van der Waals surface area (Å²) < 4.78 is 13.3. The highest BCUT2D eigenvalue weighted by Crippen LogP contribution is 2.26. The molecule has 2 rings (SSSR count). The van der Waals surface area contributed by atoms with E-state index in [2.05, 4.69) is 11.4 Å². The van der Waals surface area contributed by atoms with E-state index in [-0.39, 0.29) is 11.5 Å². The number of nitrogens with two attached hydrogens (primary N) is 1. The molecule has 0 aliphatic rings. The Balaban J connectivity index is 2.21. The predicted octanol–water partition coefficient (Wildman–Crippen LogP) is 3.11. The Kier molecular flexibility index (Phi) is 3.10. The van der Waals surface area contributed by atoms with Gasteiger partial charge in [0, 0.05) is 13.6 Å². The molecular weight excluding hydrogens is 223 g/mol. The highest BCUT2D eigenvalue weighted by molar-refractivity contribution is 7.07. The number of thiophene rings is 1. The summed E-state index contributed by atoms with van der Waals surface area (Å²) in [6.45, 7) is 0.733. The van der Waals surface area contributed by atoms with Gasteiger partial charge in [0.1, 0.15) is 5.82 Å². The maximum Gasteiger partial charge on any atom is 0.148 e. The van der Waals surface area contributed by atoms with Gasteiger partial charge in [-0.15, -0.1) is 0 Å². The van der Waals surface area contributed by atoms with Crippen LogP contribution in [-0.2, 0) is 6.54 Å². The summed E-state index contributed by atoms with van der Waals surface area (Å²) in [6.07, 6.45) is 0. The van der Waals surface area contributed by atoms with Gasteiger partial charge in [-0.2, -0.15) is 11.3 Å². The second-order valence-electron chi connectivity index (χ2n) is 3.66. The van der Waals surface area contributed by atoms with Crippen LogP contribution in [0, 0.1) is 5.82 Å². The van der Waals surface area contributed by atoms with Crippen LogP contribution in [0.5, 0.6) is 0 Å². The number of rotatable bonds is 3. The van der Waals surface area contributed by atoms with Crippen molar-refractivity contribution in [2.75, 3.05) is 17.7 Å². The molecule has 1 heterocycles. The summed E-state index contributed by atoms with van der Waals surface area (Å²) in [5.74, 6) is -0.366. The van der Waals surface area contributed by atoms with Crippen molar-refractivity contribution in [1.82, 2.24) is 0 Å². The van der Waals surface area contributed by atoms with Crippen LogP contribution >= 0.6 is 11.3 Å². The summed E-state index contributed by atoms with van der Waals surface area (Å²) in [4.78, 5) is 1.94. The third-order valence-corrected chi connectivity index (χ3v) is 3.17. The average molecular weight is 236 g/mol. The fraction of sp³-hybridized carbons (Fsp3) is 0.167. The van der Waals surface area contributed by atoms with Crippen LogP contribution in [0.4, 0.5) is 15.8 Å². The number of hydrogen-bond donors (Lipinski definition) is 1. The van der Waals surface area contributed by atoms with Gasteiger partial charge in [0.2, 0.25) is 0 Å². The number of hydrogen-bond acceptors (Lipinski definition) is 3. The first-order valence-electron chi connectivity index (χ1n) is 4.94. The van der Waals surface area contributed by atoms with Crippen LogP contribution in [0.2, 0.25) is 0 Å². The lowest BCUT2D eigenvalue weighted by atomic mass is 10.2. The van der Waals surface area contributed by atoms with E-state index in [0.29, 0.717) is 0 Å². The molecular formula is C12H13FN2S. The summed E-state index contributed by atoms with van der Waals surface area (Å²) in [5.41, 5.74) is 7.84. The molecule has 1 aromatic carbocycles. The maximum atomic E-state index is 13.3. The van der Waals surface area contributed by atoms with Gasteiger partial charge in [0.15, 0.2) is 0 Å². The van der Waals surface area contributed by atoms with Crippen LogP contribution in [0.25, 0.3) is 0 Å². The van der Waals surface area contributed by atoms with E-state index >= 15 is 0 Å². The van der Waals surface area contributed by atoms with Crippen molar-refractivity contribution >= 4 is 22.7 Å². The van der Waals surface area contributed by atoms with Gasteiger partial charge < -0.3 is 10.6 Å². The van der Waals surface area contributed by atoms with Crippen molar-refractivity contribution in [3.05, 3.63) is 46.4 Å². The molecule has 0 bridgehead atoms. The molecule has 4 heteroatoms. The number of anilines is 2. The van der Waals surface area contributed by atoms with E-state index < -0.39 is 0 Å². The standard InChI is InChI=1S/C12H13FN2S/c1-15(7-9-5-6-16-8-9)11-4-2-3-10(13)12(11)14/h2-6,8H,7,14H2,1H3. The van der Waals surface area contributed by atoms with Gasteiger partial charge in [-0.05, 0) is 34.5 Å². The Bertz CT molecular complexity index is 468. The molecule has 0 aliphatic heterocycles. The van der Waals surface area contributed by atoms with Gasteiger partial charge >= 0.3 is 0 Å². The molecule has 16 heavy (non-hydrogen) atoms. The summed E-state index contributed by atoms with van der Waals surface area (Å²) in [6, 6.07) is 6.92. The minimum Gasteiger partial charge on any atom is -0.395 e. The Labute approximate surface area is 98.1 Å². The van der Waals surface area contributed by atoms with Crippen LogP contribution < -0.4 is 10.6 Å². The number of nitrogen functional groups attached to an aromatic ring is 1. The van der Waals surface area contributed by atoms with Crippen LogP contribution in [0.1, 0.15) is 5.56 Å². The molecule has 0 saturated carbocycles. The zero-order valence-electron chi connectivity index (χ0n) is 8.98. The molecule has 2 N–H and O–H groups in total. The topological polar surface area (TPSA) is 29.3 Å². The lowest BCUT2D eigenvalue weighted by molar-refractivity contribution is 0.632. The highest BCUT2D eigenvalue weighted by Gasteiger charge is 2.09. The van der Waals surface area contributed by atoms with Crippen LogP contribution in [-0.4, -0.2) is 7.05 Å². The first-order valence-corrected chi connectivity index (χ1v) is 5.89. The normalized spacial score (nSPS) is 10.4. The van der Waals surface area contributed by atoms with Crippen LogP contribution in [0.3, 0.4) is 0 Å². The fourth-order valence-corrected chi connectivity index (χ4v) is 2.26. The van der Waals surface area contributed by atoms with E-state index in [4.69, 9.17) is 5.73 Å². The minimum atomic E-state index is -0.366. The maximum absolute atomic E-state index is 13.3. The lowest BCUT2D eigenvalue weighted by Gasteiger charge is -2.20. The van der Waals surface area contributed by atoms with Crippen molar-refractivity contribution in [2.45, 2.75) is 6.54 Å². The molecule has 84 valence electrons. The lowest BCUT2D eigenvalue weighted by Crippen LogP contribution is -2.17. The first-order chi connectivity index (χ1) is 7.68. The summed E-state index contributed by atoms with van der Waals surface area (Å²) in [5, 5.41) is 4.10.